The Labute approximate surface area is 283 Å². The minimum absolute atomic E-state index is 0.0606. The lowest BCUT2D eigenvalue weighted by Gasteiger charge is -2.30. The normalized spacial score (nSPS) is 20.1. The number of alkyl carbamates (subject to hydrolysis) is 1. The number of hydrogen-bond acceptors (Lipinski definition) is 12. The molecule has 3 unspecified atom stereocenters. The Kier molecular flexibility index (Phi) is 10.7. The largest absolute Gasteiger partial charge is 0.443 e. The zero-order valence-corrected chi connectivity index (χ0v) is 27.5. The quantitative estimate of drug-likeness (QED) is 0.151. The number of pyridine rings is 1. The maximum Gasteiger partial charge on any atom is 0.407 e. The van der Waals surface area contributed by atoms with Crippen LogP contribution in [0.1, 0.15) is 18.9 Å². The van der Waals surface area contributed by atoms with E-state index in [1.807, 2.05) is 30.3 Å². The van der Waals surface area contributed by atoms with Crippen molar-refractivity contribution in [1.29, 1.82) is 0 Å². The summed E-state index contributed by atoms with van der Waals surface area (Å²) in [6.45, 7) is 1.75. The van der Waals surface area contributed by atoms with E-state index in [-0.39, 0.29) is 60.6 Å². The third-order valence-corrected chi connectivity index (χ3v) is 10.2. The molecule has 2 amide bonds. The first kappa shape index (κ1) is 34.3. The lowest BCUT2D eigenvalue weighted by molar-refractivity contribution is -0.114. The molecule has 5 atom stereocenters. The minimum Gasteiger partial charge on any atom is -0.443 e. The highest BCUT2D eigenvalue weighted by atomic mass is 32.2. The van der Waals surface area contributed by atoms with Gasteiger partial charge in [-0.05, 0) is 48.7 Å². The van der Waals surface area contributed by atoms with E-state index in [2.05, 4.69) is 25.9 Å². The zero-order chi connectivity index (χ0) is 34.4. The fraction of sp³-hybridized carbons (Fsp3) is 0.394. The first-order valence-corrected chi connectivity index (χ1v) is 17.4. The van der Waals surface area contributed by atoms with E-state index in [0.29, 0.717) is 18.8 Å². The van der Waals surface area contributed by atoms with Crippen molar-refractivity contribution in [1.82, 2.24) is 19.6 Å². The van der Waals surface area contributed by atoms with Crippen LogP contribution in [-0.2, 0) is 35.4 Å². The lowest BCUT2D eigenvalue weighted by atomic mass is 10.0. The molecule has 0 bridgehead atoms. The molecule has 2 aliphatic heterocycles. The molecule has 4 N–H and O–H groups in total. The van der Waals surface area contributed by atoms with E-state index in [9.17, 15) is 23.1 Å². The van der Waals surface area contributed by atoms with Crippen molar-refractivity contribution in [3.05, 3.63) is 78.5 Å². The first-order valence-electron chi connectivity index (χ1n) is 15.9. The summed E-state index contributed by atoms with van der Waals surface area (Å²) in [7, 11) is -4.25. The third kappa shape index (κ3) is 8.52. The monoisotopic (exact) mass is 694 g/mol. The van der Waals surface area contributed by atoms with Crippen LogP contribution < -0.4 is 16.0 Å². The van der Waals surface area contributed by atoms with Crippen molar-refractivity contribution in [2.45, 2.75) is 49.2 Å². The molecule has 2 aromatic carbocycles. The summed E-state index contributed by atoms with van der Waals surface area (Å²) < 4.78 is 51.8. The van der Waals surface area contributed by atoms with Crippen molar-refractivity contribution < 1.29 is 41.7 Å². The van der Waals surface area contributed by atoms with E-state index in [1.54, 1.807) is 24.4 Å². The van der Waals surface area contributed by atoms with Gasteiger partial charge in [0.05, 0.1) is 36.2 Å². The topological polar surface area (TPSA) is 194 Å². The molecule has 4 aromatic rings. The number of ether oxygens (including phenoxy) is 3. The maximum atomic E-state index is 14.2. The third-order valence-electron chi connectivity index (χ3n) is 8.31. The average molecular weight is 695 g/mol. The molecule has 0 spiro atoms. The molecule has 0 aliphatic carbocycles. The Morgan fingerprint density at radius 1 is 1.10 bits per heavy atom. The van der Waals surface area contributed by atoms with Crippen molar-refractivity contribution in [2.24, 2.45) is 5.92 Å². The summed E-state index contributed by atoms with van der Waals surface area (Å²) in [5, 5.41) is 20.0. The van der Waals surface area contributed by atoms with Gasteiger partial charge in [0.15, 0.2) is 11.9 Å². The number of aliphatic hydroxyl groups is 1. The van der Waals surface area contributed by atoms with E-state index in [0.717, 1.165) is 9.87 Å². The summed E-state index contributed by atoms with van der Waals surface area (Å²) in [6.07, 6.45) is -0.512. The van der Waals surface area contributed by atoms with E-state index in [1.165, 1.54) is 25.1 Å². The van der Waals surface area contributed by atoms with Gasteiger partial charge in [0.2, 0.25) is 15.9 Å². The summed E-state index contributed by atoms with van der Waals surface area (Å²) in [6, 6.07) is 17.7. The molecule has 15 nitrogen and oxygen atoms in total. The number of carbonyl (C=O) groups excluding carboxylic acids is 2. The number of aromatic nitrogens is 2. The molecule has 0 saturated carbocycles. The second-order valence-electron chi connectivity index (χ2n) is 11.8. The SMILES string of the molecule is CC(=O)Nc1nc2cc(S(=O)(=O)N(CCNc3ccccn3)C[C@@H](O)[C@H](Cc3ccccc3)NC(=O)OC3COC4OCCC34)ccc2o1. The molecular weight excluding hydrogens is 656 g/mol. The van der Waals surface area contributed by atoms with Crippen LogP contribution >= 0.6 is 0 Å². The number of nitrogens with one attached hydrogen (secondary N) is 3. The predicted octanol–water partition coefficient (Wildman–Crippen LogP) is 2.74. The second kappa shape index (κ2) is 15.3. The molecular formula is C33H38N6O9S. The number of nitrogens with zero attached hydrogens (tertiary/aromatic N) is 3. The summed E-state index contributed by atoms with van der Waals surface area (Å²) in [4.78, 5) is 33.0. The smallest absolute Gasteiger partial charge is 0.407 e. The Hall–Kier alpha value is -4.61. The highest BCUT2D eigenvalue weighted by molar-refractivity contribution is 7.89. The maximum absolute atomic E-state index is 14.2. The number of sulfonamides is 1. The van der Waals surface area contributed by atoms with Gasteiger partial charge >= 0.3 is 12.1 Å². The highest BCUT2D eigenvalue weighted by Gasteiger charge is 2.44. The van der Waals surface area contributed by atoms with E-state index < -0.39 is 46.6 Å². The van der Waals surface area contributed by atoms with Crippen LogP contribution in [0.2, 0.25) is 0 Å². The highest BCUT2D eigenvalue weighted by Crippen LogP contribution is 2.33. The fourth-order valence-corrected chi connectivity index (χ4v) is 7.34. The van der Waals surface area contributed by atoms with Crippen LogP contribution in [0.25, 0.3) is 11.1 Å². The number of anilines is 2. The van der Waals surface area contributed by atoms with Gasteiger partial charge in [-0.15, -0.1) is 0 Å². The summed E-state index contributed by atoms with van der Waals surface area (Å²) in [5.41, 5.74) is 1.31. The number of rotatable bonds is 14. The minimum atomic E-state index is -4.25. The number of amides is 2. The molecule has 0 radical (unpaired) electrons. The van der Waals surface area contributed by atoms with Crippen LogP contribution in [0.15, 0.2) is 82.2 Å². The molecule has 260 valence electrons. The summed E-state index contributed by atoms with van der Waals surface area (Å²) in [5.74, 6) is 0.0785. The van der Waals surface area contributed by atoms with Gasteiger partial charge in [-0.3, -0.25) is 10.1 Å². The second-order valence-corrected chi connectivity index (χ2v) is 13.7. The van der Waals surface area contributed by atoms with E-state index >= 15 is 0 Å². The molecule has 16 heteroatoms. The number of hydrogen-bond donors (Lipinski definition) is 4. The van der Waals surface area contributed by atoms with E-state index in [4.69, 9.17) is 18.6 Å². The van der Waals surface area contributed by atoms with Crippen LogP contribution in [0.3, 0.4) is 0 Å². The number of aliphatic hydroxyl groups excluding tert-OH is 1. The molecule has 2 fully saturated rings. The number of carbonyl (C=O) groups is 2. The first-order chi connectivity index (χ1) is 23.7. The molecule has 2 aromatic heterocycles. The Bertz CT molecular complexity index is 1840. The number of fused-ring (bicyclic) bond motifs is 2. The molecule has 6 rings (SSSR count). The van der Waals surface area contributed by atoms with Gasteiger partial charge in [-0.2, -0.15) is 9.29 Å². The van der Waals surface area contributed by atoms with Crippen molar-refractivity contribution >= 4 is 45.0 Å². The lowest BCUT2D eigenvalue weighted by Crippen LogP contribution is -2.51. The molecule has 49 heavy (non-hydrogen) atoms. The average Bonchev–Trinajstić information content (AvgIpc) is 3.81. The fourth-order valence-electron chi connectivity index (χ4n) is 5.86. The molecule has 4 heterocycles. The zero-order valence-electron chi connectivity index (χ0n) is 26.7. The predicted molar refractivity (Wildman–Crippen MR) is 177 cm³/mol. The Morgan fingerprint density at radius 2 is 1.92 bits per heavy atom. The summed E-state index contributed by atoms with van der Waals surface area (Å²) >= 11 is 0. The van der Waals surface area contributed by atoms with Crippen LogP contribution in [0.5, 0.6) is 0 Å². The van der Waals surface area contributed by atoms with Crippen molar-refractivity contribution in [2.75, 3.05) is 43.5 Å². The van der Waals surface area contributed by atoms with Crippen molar-refractivity contribution in [3.8, 4) is 0 Å². The Balaban J connectivity index is 1.23. The van der Waals surface area contributed by atoms with Crippen LogP contribution in [-0.4, -0.2) is 97.2 Å². The van der Waals surface area contributed by atoms with Crippen molar-refractivity contribution in [3.63, 3.8) is 0 Å². The van der Waals surface area contributed by atoms with Crippen LogP contribution in [0, 0.1) is 5.92 Å². The van der Waals surface area contributed by atoms with Gasteiger partial charge in [0.25, 0.3) is 0 Å². The van der Waals surface area contributed by atoms with Gasteiger partial charge in [0, 0.05) is 32.8 Å². The Morgan fingerprint density at radius 3 is 2.69 bits per heavy atom. The molecule has 2 aliphatic rings. The van der Waals surface area contributed by atoms with Gasteiger partial charge in [-0.1, -0.05) is 36.4 Å². The van der Waals surface area contributed by atoms with Gasteiger partial charge in [-0.25, -0.2) is 18.2 Å². The van der Waals surface area contributed by atoms with Crippen LogP contribution in [0.4, 0.5) is 16.6 Å². The number of oxazole rings is 1. The molecule has 2 saturated heterocycles. The number of benzene rings is 2. The van der Waals surface area contributed by atoms with Gasteiger partial charge < -0.3 is 34.4 Å². The standard InChI is InChI=1S/C33H38N6O9S/c1-21(40)36-32-37-26-18-23(10-11-28(26)47-32)49(43,44)39(15-14-35-30-9-5-6-13-34-30)19-27(41)25(17-22-7-3-2-4-8-22)38-33(42)48-29-20-46-31-24(29)12-16-45-31/h2-11,13,18,24-25,27,29,31,41H,12,14-17,19-20H2,1H3,(H,34,35)(H,38,42)(H,36,37,40)/t24?,25-,27+,29?,31?/m0/s1. The van der Waals surface area contributed by atoms with Gasteiger partial charge in [0.1, 0.15) is 17.4 Å².